The van der Waals surface area contributed by atoms with Gasteiger partial charge in [0, 0.05) is 43.4 Å². The molecule has 41 heavy (non-hydrogen) atoms. The number of fused-ring (bicyclic) bond motifs is 1. The molecule has 2 aromatic heterocycles. The van der Waals surface area contributed by atoms with Crippen molar-refractivity contribution in [1.29, 1.82) is 5.26 Å². The Morgan fingerprint density at radius 1 is 1.07 bits per heavy atom. The number of nitrogens with one attached hydrogen (secondary N) is 2. The minimum atomic E-state index is -2.01. The van der Waals surface area contributed by atoms with E-state index in [1.165, 1.54) is 0 Å². The van der Waals surface area contributed by atoms with E-state index >= 15 is 4.39 Å². The molecule has 1 aliphatic heterocycles. The van der Waals surface area contributed by atoms with Gasteiger partial charge in [-0.25, -0.2) is 14.2 Å². The molecule has 9 nitrogen and oxygen atoms in total. The zero-order valence-electron chi connectivity index (χ0n) is 22.8. The molecule has 4 aromatic rings. The number of hydrogen-bond donors (Lipinski definition) is 2. The smallest absolute Gasteiger partial charge is 0.329 e. The highest BCUT2D eigenvalue weighted by Gasteiger charge is 2.40. The average Bonchev–Trinajstić information content (AvgIpc) is 3.59. The average molecular weight is 555 g/mol. The number of carbonyl (C=O) groups excluding carboxylic acids is 1. The van der Waals surface area contributed by atoms with Crippen LogP contribution < -0.4 is 16.3 Å². The van der Waals surface area contributed by atoms with Gasteiger partial charge in [-0.1, -0.05) is 25.0 Å². The first-order valence-corrected chi connectivity index (χ1v) is 13.9. The van der Waals surface area contributed by atoms with E-state index in [9.17, 15) is 14.9 Å². The third-order valence-corrected chi connectivity index (χ3v) is 8.15. The van der Waals surface area contributed by atoms with E-state index in [1.54, 1.807) is 48.1 Å². The van der Waals surface area contributed by atoms with Crippen molar-refractivity contribution < 1.29 is 13.9 Å². The normalized spacial score (nSPS) is 16.9. The third kappa shape index (κ3) is 5.21. The van der Waals surface area contributed by atoms with Gasteiger partial charge in [0.05, 0.1) is 42.1 Å². The highest BCUT2D eigenvalue weighted by Crippen LogP contribution is 2.34. The maximum atomic E-state index is 15.4. The SMILES string of the molecule is Cn1c(=O)n(C2CCCC2)c2cc(Nc3cc(NC(=O)C4(F)CCOCC4)cc(-c4cccc(C#N)c4)c3)ncc21. The first-order valence-electron chi connectivity index (χ1n) is 13.9. The van der Waals surface area contributed by atoms with Crippen molar-refractivity contribution in [2.75, 3.05) is 23.8 Å². The van der Waals surface area contributed by atoms with Crippen LogP contribution in [0.25, 0.3) is 22.2 Å². The summed E-state index contributed by atoms with van der Waals surface area (Å²) in [5.74, 6) is -0.180. The number of amides is 1. The molecule has 2 aromatic carbocycles. The molecule has 0 radical (unpaired) electrons. The van der Waals surface area contributed by atoms with E-state index in [0.717, 1.165) is 47.8 Å². The molecule has 0 spiro atoms. The van der Waals surface area contributed by atoms with Crippen LogP contribution in [0, 0.1) is 11.3 Å². The van der Waals surface area contributed by atoms with Gasteiger partial charge in [-0.2, -0.15) is 5.26 Å². The number of aryl methyl sites for hydroxylation is 1. The fourth-order valence-electron chi connectivity index (χ4n) is 5.86. The Hall–Kier alpha value is -4.49. The molecule has 0 unspecified atom stereocenters. The molecule has 10 heteroatoms. The Balaban J connectivity index is 1.38. The molecule has 2 fully saturated rings. The number of anilines is 3. The first-order chi connectivity index (χ1) is 19.8. The van der Waals surface area contributed by atoms with Crippen molar-refractivity contribution in [3.8, 4) is 17.2 Å². The molecule has 0 bridgehead atoms. The molecule has 1 saturated heterocycles. The third-order valence-electron chi connectivity index (χ3n) is 8.15. The van der Waals surface area contributed by atoms with E-state index in [2.05, 4.69) is 21.7 Å². The number of alkyl halides is 1. The van der Waals surface area contributed by atoms with Crippen LogP contribution in [0.4, 0.5) is 21.6 Å². The molecule has 0 atom stereocenters. The first kappa shape index (κ1) is 26.7. The number of ether oxygens (including phenoxy) is 1. The number of pyridine rings is 1. The summed E-state index contributed by atoms with van der Waals surface area (Å²) in [5, 5.41) is 15.5. The summed E-state index contributed by atoms with van der Waals surface area (Å²) in [6.45, 7) is 0.383. The highest BCUT2D eigenvalue weighted by atomic mass is 19.1. The number of benzene rings is 2. The van der Waals surface area contributed by atoms with Gasteiger partial charge in [-0.3, -0.25) is 13.9 Å². The monoisotopic (exact) mass is 554 g/mol. The fourth-order valence-corrected chi connectivity index (χ4v) is 5.86. The van der Waals surface area contributed by atoms with E-state index < -0.39 is 11.6 Å². The lowest BCUT2D eigenvalue weighted by atomic mass is 9.95. The Morgan fingerprint density at radius 3 is 2.59 bits per heavy atom. The predicted molar refractivity (Wildman–Crippen MR) is 155 cm³/mol. The summed E-state index contributed by atoms with van der Waals surface area (Å²) in [6.07, 6.45) is 5.83. The van der Waals surface area contributed by atoms with Crippen LogP contribution in [0.1, 0.15) is 50.1 Å². The second-order valence-electron chi connectivity index (χ2n) is 10.9. The molecular formula is C31H31FN6O3. The minimum Gasteiger partial charge on any atom is -0.381 e. The summed E-state index contributed by atoms with van der Waals surface area (Å²) in [6, 6.07) is 16.7. The van der Waals surface area contributed by atoms with Gasteiger partial charge < -0.3 is 15.4 Å². The molecule has 210 valence electrons. The van der Waals surface area contributed by atoms with Gasteiger partial charge >= 0.3 is 5.69 Å². The number of nitriles is 1. The van der Waals surface area contributed by atoms with Gasteiger partial charge in [-0.15, -0.1) is 0 Å². The number of hydrogen-bond acceptors (Lipinski definition) is 6. The van der Waals surface area contributed by atoms with E-state index in [4.69, 9.17) is 4.74 Å². The molecule has 1 amide bonds. The van der Waals surface area contributed by atoms with Crippen molar-refractivity contribution in [2.45, 2.75) is 50.2 Å². The Bertz CT molecular complexity index is 1720. The summed E-state index contributed by atoms with van der Waals surface area (Å²) >= 11 is 0. The van der Waals surface area contributed by atoms with Crippen molar-refractivity contribution in [3.63, 3.8) is 0 Å². The minimum absolute atomic E-state index is 0.00243. The molecule has 2 aliphatic rings. The summed E-state index contributed by atoms with van der Waals surface area (Å²) in [7, 11) is 1.76. The second kappa shape index (κ2) is 10.8. The zero-order valence-corrected chi connectivity index (χ0v) is 22.8. The lowest BCUT2D eigenvalue weighted by Gasteiger charge is -2.28. The molecule has 6 rings (SSSR count). The number of aromatic nitrogens is 3. The Labute approximate surface area is 236 Å². The van der Waals surface area contributed by atoms with E-state index in [0.29, 0.717) is 22.8 Å². The Morgan fingerprint density at radius 2 is 1.83 bits per heavy atom. The summed E-state index contributed by atoms with van der Waals surface area (Å²) < 4.78 is 24.1. The van der Waals surface area contributed by atoms with E-state index in [-0.39, 0.29) is 37.8 Å². The number of halogens is 1. The highest BCUT2D eigenvalue weighted by molar-refractivity contribution is 5.98. The molecule has 2 N–H and O–H groups in total. The van der Waals surface area contributed by atoms with Crippen molar-refractivity contribution in [2.24, 2.45) is 7.05 Å². The maximum Gasteiger partial charge on any atom is 0.329 e. The van der Waals surface area contributed by atoms with Gasteiger partial charge in [0.1, 0.15) is 5.82 Å². The van der Waals surface area contributed by atoms with E-state index in [1.807, 2.05) is 22.8 Å². The molecule has 1 aliphatic carbocycles. The Kier molecular flexibility index (Phi) is 7.05. The second-order valence-corrected chi connectivity index (χ2v) is 10.9. The molecular weight excluding hydrogens is 523 g/mol. The van der Waals surface area contributed by atoms with Crippen LogP contribution in [0.5, 0.6) is 0 Å². The topological polar surface area (TPSA) is 114 Å². The lowest BCUT2D eigenvalue weighted by Crippen LogP contribution is -2.43. The zero-order chi connectivity index (χ0) is 28.6. The molecule has 1 saturated carbocycles. The summed E-state index contributed by atoms with van der Waals surface area (Å²) in [4.78, 5) is 30.6. The van der Waals surface area contributed by atoms with Crippen LogP contribution in [-0.2, 0) is 16.6 Å². The van der Waals surface area contributed by atoms with Crippen LogP contribution in [0.15, 0.2) is 59.5 Å². The summed E-state index contributed by atoms with van der Waals surface area (Å²) in [5.41, 5.74) is 2.52. The predicted octanol–water partition coefficient (Wildman–Crippen LogP) is 5.59. The number of rotatable bonds is 6. The standard InChI is InChI=1S/C31H31FN6O3/c1-37-27-19-34-28(17-26(27)38(30(37)40)25-7-2-3-8-25)35-23-14-22(21-6-4-5-20(13-21)18-33)15-24(16-23)36-29(39)31(32)9-11-41-12-10-31/h4-6,13-17,19,25H,2-3,7-12H2,1H3,(H,34,35)(H,36,39). The van der Waals surface area contributed by atoms with Gasteiger partial charge in [0.15, 0.2) is 5.67 Å². The maximum absolute atomic E-state index is 15.4. The van der Waals surface area contributed by atoms with Crippen molar-refractivity contribution in [1.82, 2.24) is 14.1 Å². The van der Waals surface area contributed by atoms with Gasteiger partial charge in [-0.05, 0) is 54.3 Å². The van der Waals surface area contributed by atoms with Crippen LogP contribution >= 0.6 is 0 Å². The van der Waals surface area contributed by atoms with Gasteiger partial charge in [0.2, 0.25) is 0 Å². The fraction of sp³-hybridized carbons (Fsp3) is 0.355. The van der Waals surface area contributed by atoms with Crippen molar-refractivity contribution in [3.05, 3.63) is 70.8 Å². The van der Waals surface area contributed by atoms with Crippen molar-refractivity contribution >= 4 is 34.1 Å². The van der Waals surface area contributed by atoms with Crippen LogP contribution in [0.2, 0.25) is 0 Å². The molecule has 3 heterocycles. The largest absolute Gasteiger partial charge is 0.381 e. The van der Waals surface area contributed by atoms with Crippen LogP contribution in [0.3, 0.4) is 0 Å². The number of nitrogens with zero attached hydrogens (tertiary/aromatic N) is 4. The number of imidazole rings is 1. The van der Waals surface area contributed by atoms with Gasteiger partial charge in [0.25, 0.3) is 5.91 Å². The number of carbonyl (C=O) groups is 1. The lowest BCUT2D eigenvalue weighted by molar-refractivity contribution is -0.133. The quantitative estimate of drug-likeness (QED) is 0.321. The van der Waals surface area contributed by atoms with Crippen LogP contribution in [-0.4, -0.2) is 38.9 Å².